The van der Waals surface area contributed by atoms with Gasteiger partial charge < -0.3 is 14.8 Å². The molecule has 2 heterocycles. The number of benzene rings is 1. The first-order valence-corrected chi connectivity index (χ1v) is 10.7. The van der Waals surface area contributed by atoms with E-state index in [4.69, 9.17) is 16.7 Å². The number of aliphatic hydroxyl groups excluding tert-OH is 1. The van der Waals surface area contributed by atoms with Crippen molar-refractivity contribution in [1.82, 2.24) is 9.55 Å². The number of carbonyl (C=O) groups excluding carboxylic acids is 1. The van der Waals surface area contributed by atoms with Gasteiger partial charge in [0, 0.05) is 12.7 Å². The van der Waals surface area contributed by atoms with Crippen molar-refractivity contribution in [2.24, 2.45) is 5.92 Å². The van der Waals surface area contributed by atoms with Crippen LogP contribution in [0.25, 0.3) is 0 Å². The molecule has 2 aromatic heterocycles. The molecule has 3 aromatic rings. The Hall–Kier alpha value is -2.82. The van der Waals surface area contributed by atoms with Gasteiger partial charge in [-0.25, -0.2) is 13.8 Å². The summed E-state index contributed by atoms with van der Waals surface area (Å²) in [6.07, 6.45) is 0.345. The fourth-order valence-corrected chi connectivity index (χ4v) is 4.07. The van der Waals surface area contributed by atoms with Crippen molar-refractivity contribution in [1.29, 1.82) is 0 Å². The maximum Gasteiger partial charge on any atom is 0.309 e. The van der Waals surface area contributed by atoms with E-state index >= 15 is 0 Å². The largest absolute Gasteiger partial charge is 0.481 e. The fraction of sp³-hybridized carbons (Fsp3) is 0.286. The van der Waals surface area contributed by atoms with Gasteiger partial charge in [-0.1, -0.05) is 42.9 Å². The Morgan fingerprint density at radius 1 is 1.25 bits per heavy atom. The van der Waals surface area contributed by atoms with Crippen LogP contribution in [0.3, 0.4) is 0 Å². The Labute approximate surface area is 191 Å². The van der Waals surface area contributed by atoms with E-state index in [1.54, 1.807) is 6.20 Å². The summed E-state index contributed by atoms with van der Waals surface area (Å²) in [6.45, 7) is 3.69. The average molecular weight is 484 g/mol. The first-order chi connectivity index (χ1) is 15.0. The van der Waals surface area contributed by atoms with Gasteiger partial charge in [0.2, 0.25) is 0 Å². The SMILES string of the molecule is CC(C)C(O)c1cc(C(=O)Nc2nc(CC(=O)O)c(Cl)s2)n(Cc2ccc(F)c(F)c2)c1. The lowest BCUT2D eigenvalue weighted by atomic mass is 10.0. The van der Waals surface area contributed by atoms with Crippen LogP contribution in [0.2, 0.25) is 4.34 Å². The molecule has 0 saturated heterocycles. The molecular formula is C21H20ClF2N3O4S. The zero-order valence-corrected chi connectivity index (χ0v) is 18.7. The smallest absolute Gasteiger partial charge is 0.309 e. The highest BCUT2D eigenvalue weighted by atomic mass is 35.5. The van der Waals surface area contributed by atoms with Gasteiger partial charge in [0.25, 0.3) is 5.91 Å². The molecule has 170 valence electrons. The number of hydrogen-bond acceptors (Lipinski definition) is 5. The lowest BCUT2D eigenvalue weighted by Gasteiger charge is -2.12. The van der Waals surface area contributed by atoms with E-state index in [-0.39, 0.29) is 39.7 Å². The van der Waals surface area contributed by atoms with Crippen LogP contribution in [0, 0.1) is 17.6 Å². The molecule has 3 rings (SSSR count). The summed E-state index contributed by atoms with van der Waals surface area (Å²) in [5, 5.41) is 22.0. The summed E-state index contributed by atoms with van der Waals surface area (Å²) in [5.41, 5.74) is 1.18. The van der Waals surface area contributed by atoms with Gasteiger partial charge in [-0.2, -0.15) is 0 Å². The van der Waals surface area contributed by atoms with E-state index in [1.165, 1.54) is 16.7 Å². The molecule has 0 spiro atoms. The van der Waals surface area contributed by atoms with E-state index < -0.39 is 29.6 Å². The molecule has 0 aliphatic rings. The molecule has 11 heteroatoms. The quantitative estimate of drug-likeness (QED) is 0.438. The van der Waals surface area contributed by atoms with Crippen molar-refractivity contribution < 1.29 is 28.6 Å². The number of carbonyl (C=O) groups is 2. The number of halogens is 3. The van der Waals surface area contributed by atoms with Crippen LogP contribution in [0.15, 0.2) is 30.5 Å². The van der Waals surface area contributed by atoms with Crippen molar-refractivity contribution in [2.45, 2.75) is 32.9 Å². The molecule has 0 fully saturated rings. The van der Waals surface area contributed by atoms with Crippen LogP contribution < -0.4 is 5.32 Å². The average Bonchev–Trinajstić information content (AvgIpc) is 3.27. The lowest BCUT2D eigenvalue weighted by Crippen LogP contribution is -2.17. The van der Waals surface area contributed by atoms with E-state index in [9.17, 15) is 23.5 Å². The third-order valence-corrected chi connectivity index (χ3v) is 5.90. The minimum atomic E-state index is -1.11. The van der Waals surface area contributed by atoms with Gasteiger partial charge in [0.15, 0.2) is 16.8 Å². The second-order valence-corrected chi connectivity index (χ2v) is 9.09. The van der Waals surface area contributed by atoms with Gasteiger partial charge in [-0.05, 0) is 35.2 Å². The Balaban J connectivity index is 1.91. The number of anilines is 1. The minimum Gasteiger partial charge on any atom is -0.481 e. The van der Waals surface area contributed by atoms with Gasteiger partial charge in [0.05, 0.1) is 18.2 Å². The van der Waals surface area contributed by atoms with Crippen LogP contribution in [0.4, 0.5) is 13.9 Å². The highest BCUT2D eigenvalue weighted by Crippen LogP contribution is 2.30. The summed E-state index contributed by atoms with van der Waals surface area (Å²) in [4.78, 5) is 27.9. The van der Waals surface area contributed by atoms with E-state index in [2.05, 4.69) is 10.3 Å². The zero-order valence-electron chi connectivity index (χ0n) is 17.1. The second-order valence-electron chi connectivity index (χ2n) is 7.49. The lowest BCUT2D eigenvalue weighted by molar-refractivity contribution is -0.136. The summed E-state index contributed by atoms with van der Waals surface area (Å²) < 4.78 is 28.6. The number of nitrogens with zero attached hydrogens (tertiary/aromatic N) is 2. The molecule has 0 radical (unpaired) electrons. The monoisotopic (exact) mass is 483 g/mol. The van der Waals surface area contributed by atoms with Crippen LogP contribution in [0.5, 0.6) is 0 Å². The number of amides is 1. The number of aliphatic carboxylic acids is 1. The highest BCUT2D eigenvalue weighted by molar-refractivity contribution is 7.19. The molecule has 0 aliphatic carbocycles. The van der Waals surface area contributed by atoms with Crippen LogP contribution in [-0.4, -0.2) is 31.6 Å². The molecule has 1 unspecified atom stereocenters. The molecule has 32 heavy (non-hydrogen) atoms. The number of carboxylic acids is 1. The van der Waals surface area contributed by atoms with Crippen LogP contribution in [0.1, 0.15) is 47.3 Å². The minimum absolute atomic E-state index is 0.0493. The Kier molecular flexibility index (Phi) is 7.27. The molecule has 1 atom stereocenters. The van der Waals surface area contributed by atoms with Crippen molar-refractivity contribution in [3.05, 3.63) is 68.9 Å². The molecule has 0 aliphatic heterocycles. The molecule has 7 nitrogen and oxygen atoms in total. The second kappa shape index (κ2) is 9.76. The van der Waals surface area contributed by atoms with E-state index in [0.717, 1.165) is 23.5 Å². The fourth-order valence-electron chi connectivity index (χ4n) is 3.04. The number of carboxylic acid groups (broad SMARTS) is 1. The van der Waals surface area contributed by atoms with Crippen molar-refractivity contribution in [3.8, 4) is 0 Å². The number of thiazole rings is 1. The Morgan fingerprint density at radius 3 is 2.59 bits per heavy atom. The van der Waals surface area contributed by atoms with Gasteiger partial charge >= 0.3 is 5.97 Å². The molecular weight excluding hydrogens is 464 g/mol. The third-order valence-electron chi connectivity index (χ3n) is 4.65. The van der Waals surface area contributed by atoms with Crippen LogP contribution in [-0.2, 0) is 17.8 Å². The summed E-state index contributed by atoms with van der Waals surface area (Å²) in [7, 11) is 0. The van der Waals surface area contributed by atoms with Crippen LogP contribution >= 0.6 is 22.9 Å². The maximum absolute atomic E-state index is 13.6. The van der Waals surface area contributed by atoms with Crippen molar-refractivity contribution in [2.75, 3.05) is 5.32 Å². The van der Waals surface area contributed by atoms with Gasteiger partial charge in [0.1, 0.15) is 10.0 Å². The topological polar surface area (TPSA) is 104 Å². The van der Waals surface area contributed by atoms with E-state index in [1.807, 2.05) is 13.8 Å². The maximum atomic E-state index is 13.6. The number of aromatic nitrogens is 2. The summed E-state index contributed by atoms with van der Waals surface area (Å²) >= 11 is 6.92. The number of rotatable bonds is 8. The van der Waals surface area contributed by atoms with Crippen molar-refractivity contribution >= 4 is 39.9 Å². The first kappa shape index (κ1) is 23.8. The Morgan fingerprint density at radius 2 is 1.97 bits per heavy atom. The molecule has 0 bridgehead atoms. The number of hydrogen-bond donors (Lipinski definition) is 3. The highest BCUT2D eigenvalue weighted by Gasteiger charge is 2.22. The summed E-state index contributed by atoms with van der Waals surface area (Å²) in [6, 6.07) is 4.94. The standard InChI is InChI=1S/C21H20ClF2N3O4S/c1-10(2)18(30)12-6-16(27(9-12)8-11-3-4-13(23)14(24)5-11)20(31)26-21-25-15(7-17(28)29)19(22)32-21/h3-6,9-10,18,30H,7-8H2,1-2H3,(H,28,29)(H,25,26,31). The van der Waals surface area contributed by atoms with Gasteiger partial charge in [-0.15, -0.1) is 0 Å². The van der Waals surface area contributed by atoms with E-state index in [0.29, 0.717) is 11.1 Å². The molecule has 3 N–H and O–H groups in total. The zero-order chi connectivity index (χ0) is 23.6. The molecule has 1 aromatic carbocycles. The predicted octanol–water partition coefficient (Wildman–Crippen LogP) is 4.49. The normalized spacial score (nSPS) is 12.2. The predicted molar refractivity (Wildman–Crippen MR) is 116 cm³/mol. The number of aliphatic hydroxyl groups is 1. The number of nitrogens with one attached hydrogen (secondary N) is 1. The molecule has 1 amide bonds. The molecule has 0 saturated carbocycles. The first-order valence-electron chi connectivity index (χ1n) is 9.55. The van der Waals surface area contributed by atoms with Gasteiger partial charge in [-0.3, -0.25) is 14.9 Å². The summed E-state index contributed by atoms with van der Waals surface area (Å²) in [5.74, 6) is -3.80. The Bertz CT molecular complexity index is 1160. The third kappa shape index (κ3) is 5.50. The van der Waals surface area contributed by atoms with Crippen molar-refractivity contribution in [3.63, 3.8) is 0 Å².